The van der Waals surface area contributed by atoms with E-state index >= 15 is 0 Å². The van der Waals surface area contributed by atoms with Crippen molar-refractivity contribution in [1.29, 1.82) is 0 Å². The van der Waals surface area contributed by atoms with E-state index in [4.69, 9.17) is 5.10 Å². The van der Waals surface area contributed by atoms with Crippen LogP contribution in [0.5, 0.6) is 0 Å². The largest absolute Gasteiger partial charge is 0.332 e. The molecule has 5 rings (SSSR count). The molecule has 1 aliphatic rings. The number of hydrogen-bond acceptors (Lipinski definition) is 3. The average molecular weight is 421 g/mol. The number of para-hydroxylation sites is 1. The third kappa shape index (κ3) is 4.52. The molecule has 2 aromatic carbocycles. The lowest BCUT2D eigenvalue weighted by atomic mass is 10.1. The molecule has 0 N–H and O–H groups in total. The molecule has 2 aromatic heterocycles. The molecule has 32 heavy (non-hydrogen) atoms. The van der Waals surface area contributed by atoms with Crippen LogP contribution in [0.15, 0.2) is 97.5 Å². The molecule has 0 radical (unpaired) electrons. The second-order valence-corrected chi connectivity index (χ2v) is 7.97. The van der Waals surface area contributed by atoms with E-state index in [0.717, 1.165) is 40.9 Å². The number of rotatable bonds is 7. The molecule has 0 saturated heterocycles. The number of nitrogens with zero attached hydrogens (tertiary/aromatic N) is 4. The first-order valence-corrected chi connectivity index (χ1v) is 10.9. The number of benzene rings is 2. The summed E-state index contributed by atoms with van der Waals surface area (Å²) in [7, 11) is 0. The summed E-state index contributed by atoms with van der Waals surface area (Å²) in [5, 5.41) is 4.79. The normalized spacial score (nSPS) is 13.4. The molecule has 1 saturated carbocycles. The van der Waals surface area contributed by atoms with Crippen LogP contribution in [0.1, 0.15) is 24.0 Å². The molecule has 5 heteroatoms. The van der Waals surface area contributed by atoms with E-state index in [1.165, 1.54) is 0 Å². The van der Waals surface area contributed by atoms with Gasteiger partial charge in [-0.05, 0) is 48.7 Å². The second-order valence-electron chi connectivity index (χ2n) is 7.97. The standard InChI is InChI=1S/C27H24N4O/c32-26(30(24-14-15-24)19-21-8-3-1-4-9-21)16-13-23-20-31(25-11-5-2-6-12-25)29-27(23)22-10-7-17-28-18-22/h1-13,16-18,20,24H,14-15,19H2. The van der Waals surface area contributed by atoms with Gasteiger partial charge in [0.2, 0.25) is 5.91 Å². The highest BCUT2D eigenvalue weighted by atomic mass is 16.2. The predicted octanol–water partition coefficient (Wildman–Crippen LogP) is 5.14. The minimum atomic E-state index is 0.0287. The summed E-state index contributed by atoms with van der Waals surface area (Å²) in [4.78, 5) is 19.3. The molecule has 2 heterocycles. The van der Waals surface area contributed by atoms with Crippen molar-refractivity contribution in [3.05, 3.63) is 109 Å². The van der Waals surface area contributed by atoms with Gasteiger partial charge in [0.25, 0.3) is 0 Å². The fraction of sp³-hybridized carbons (Fsp3) is 0.148. The fourth-order valence-electron chi connectivity index (χ4n) is 3.76. The number of aromatic nitrogens is 3. The van der Waals surface area contributed by atoms with Crippen molar-refractivity contribution in [2.45, 2.75) is 25.4 Å². The van der Waals surface area contributed by atoms with Gasteiger partial charge in [0.15, 0.2) is 0 Å². The molecule has 5 nitrogen and oxygen atoms in total. The zero-order valence-electron chi connectivity index (χ0n) is 17.7. The summed E-state index contributed by atoms with van der Waals surface area (Å²) in [6, 6.07) is 24.3. The molecule has 1 fully saturated rings. The zero-order chi connectivity index (χ0) is 21.8. The first-order chi connectivity index (χ1) is 15.8. The van der Waals surface area contributed by atoms with Gasteiger partial charge in [0, 0.05) is 48.4 Å². The van der Waals surface area contributed by atoms with E-state index in [9.17, 15) is 4.79 Å². The molecule has 0 atom stereocenters. The molecular formula is C27H24N4O. The van der Waals surface area contributed by atoms with Gasteiger partial charge >= 0.3 is 0 Å². The Hall–Kier alpha value is -3.99. The predicted molar refractivity (Wildman–Crippen MR) is 126 cm³/mol. The summed E-state index contributed by atoms with van der Waals surface area (Å²) in [6.07, 6.45) is 11.2. The van der Waals surface area contributed by atoms with E-state index < -0.39 is 0 Å². The van der Waals surface area contributed by atoms with E-state index in [1.54, 1.807) is 18.5 Å². The maximum atomic E-state index is 13.1. The second kappa shape index (κ2) is 9.02. The van der Waals surface area contributed by atoms with Crippen LogP contribution in [-0.2, 0) is 11.3 Å². The fourth-order valence-corrected chi connectivity index (χ4v) is 3.76. The summed E-state index contributed by atoms with van der Waals surface area (Å²) in [5.41, 5.74) is 4.71. The van der Waals surface area contributed by atoms with Gasteiger partial charge in [0.05, 0.1) is 5.69 Å². The number of pyridine rings is 1. The van der Waals surface area contributed by atoms with Crippen molar-refractivity contribution in [2.24, 2.45) is 0 Å². The molecular weight excluding hydrogens is 396 g/mol. The zero-order valence-corrected chi connectivity index (χ0v) is 17.7. The van der Waals surface area contributed by atoms with Crippen molar-refractivity contribution in [3.63, 3.8) is 0 Å². The minimum Gasteiger partial charge on any atom is -0.332 e. The smallest absolute Gasteiger partial charge is 0.247 e. The third-order valence-corrected chi connectivity index (χ3v) is 5.57. The highest BCUT2D eigenvalue weighted by molar-refractivity contribution is 5.93. The molecule has 158 valence electrons. The van der Waals surface area contributed by atoms with Gasteiger partial charge < -0.3 is 4.90 Å². The van der Waals surface area contributed by atoms with Crippen molar-refractivity contribution >= 4 is 12.0 Å². The van der Waals surface area contributed by atoms with Gasteiger partial charge in [-0.1, -0.05) is 48.5 Å². The topological polar surface area (TPSA) is 51.0 Å². The molecule has 0 unspecified atom stereocenters. The Balaban J connectivity index is 1.44. The summed E-state index contributed by atoms with van der Waals surface area (Å²) in [6.45, 7) is 0.632. The molecule has 0 bridgehead atoms. The van der Waals surface area contributed by atoms with Gasteiger partial charge in [-0.25, -0.2) is 4.68 Å². The van der Waals surface area contributed by atoms with E-state index in [1.807, 2.05) is 82.5 Å². The van der Waals surface area contributed by atoms with Crippen LogP contribution in [0.25, 0.3) is 23.0 Å². The molecule has 1 amide bonds. The number of carbonyl (C=O) groups is 1. The summed E-state index contributed by atoms with van der Waals surface area (Å²) in [5.74, 6) is 0.0287. The Kier molecular flexibility index (Phi) is 5.62. The summed E-state index contributed by atoms with van der Waals surface area (Å²) < 4.78 is 1.84. The minimum absolute atomic E-state index is 0.0287. The third-order valence-electron chi connectivity index (χ3n) is 5.57. The number of carbonyl (C=O) groups excluding carboxylic acids is 1. The van der Waals surface area contributed by atoms with E-state index in [2.05, 4.69) is 17.1 Å². The first kappa shape index (κ1) is 19.9. The van der Waals surface area contributed by atoms with Crippen LogP contribution in [0.3, 0.4) is 0 Å². The van der Waals surface area contributed by atoms with Crippen molar-refractivity contribution in [2.75, 3.05) is 0 Å². The monoisotopic (exact) mass is 420 g/mol. The van der Waals surface area contributed by atoms with Crippen LogP contribution < -0.4 is 0 Å². The van der Waals surface area contributed by atoms with Gasteiger partial charge in [0.1, 0.15) is 5.69 Å². The lowest BCUT2D eigenvalue weighted by Crippen LogP contribution is -2.31. The molecule has 0 spiro atoms. The SMILES string of the molecule is O=C(C=Cc1cn(-c2ccccc2)nc1-c1cccnc1)N(Cc1ccccc1)C1CC1. The number of hydrogen-bond donors (Lipinski definition) is 0. The Bertz CT molecular complexity index is 1210. The Morgan fingerprint density at radius 2 is 1.75 bits per heavy atom. The van der Waals surface area contributed by atoms with E-state index in [-0.39, 0.29) is 5.91 Å². The first-order valence-electron chi connectivity index (χ1n) is 10.9. The van der Waals surface area contributed by atoms with Gasteiger partial charge in [-0.15, -0.1) is 0 Å². The Labute approximate surface area is 187 Å². The van der Waals surface area contributed by atoms with Crippen molar-refractivity contribution in [3.8, 4) is 16.9 Å². The van der Waals surface area contributed by atoms with Crippen LogP contribution >= 0.6 is 0 Å². The maximum Gasteiger partial charge on any atom is 0.247 e. The lowest BCUT2D eigenvalue weighted by Gasteiger charge is -2.21. The average Bonchev–Trinajstić information content (AvgIpc) is 3.61. The van der Waals surface area contributed by atoms with Gasteiger partial charge in [-0.3, -0.25) is 9.78 Å². The molecule has 4 aromatic rings. The highest BCUT2D eigenvalue weighted by Gasteiger charge is 2.31. The lowest BCUT2D eigenvalue weighted by molar-refractivity contribution is -0.127. The van der Waals surface area contributed by atoms with Crippen LogP contribution in [0.2, 0.25) is 0 Å². The number of amides is 1. The van der Waals surface area contributed by atoms with E-state index in [0.29, 0.717) is 12.6 Å². The van der Waals surface area contributed by atoms with Crippen LogP contribution in [0, 0.1) is 0 Å². The Morgan fingerprint density at radius 1 is 1.00 bits per heavy atom. The molecule has 1 aliphatic carbocycles. The van der Waals surface area contributed by atoms with Crippen molar-refractivity contribution < 1.29 is 4.79 Å². The van der Waals surface area contributed by atoms with Crippen LogP contribution in [-0.4, -0.2) is 31.6 Å². The van der Waals surface area contributed by atoms with Crippen LogP contribution in [0.4, 0.5) is 0 Å². The quantitative estimate of drug-likeness (QED) is 0.389. The highest BCUT2D eigenvalue weighted by Crippen LogP contribution is 2.29. The maximum absolute atomic E-state index is 13.1. The van der Waals surface area contributed by atoms with Gasteiger partial charge in [-0.2, -0.15) is 5.10 Å². The van der Waals surface area contributed by atoms with Crippen molar-refractivity contribution in [1.82, 2.24) is 19.7 Å². The Morgan fingerprint density at radius 3 is 2.44 bits per heavy atom. The molecule has 0 aliphatic heterocycles. The summed E-state index contributed by atoms with van der Waals surface area (Å²) >= 11 is 0.